The minimum absolute atomic E-state index is 0.0492. The molecule has 0 saturated heterocycles. The van der Waals surface area contributed by atoms with Crippen LogP contribution in [0, 0.1) is 5.92 Å². The first-order chi connectivity index (χ1) is 10.7. The molecule has 0 aliphatic heterocycles. The molecule has 1 heterocycles. The largest absolute Gasteiger partial charge is 0.464 e. The molecule has 0 radical (unpaired) electrons. The monoisotopic (exact) mass is 293 g/mol. The van der Waals surface area contributed by atoms with Crippen molar-refractivity contribution in [3.05, 3.63) is 72.0 Å². The van der Waals surface area contributed by atoms with E-state index in [1.54, 1.807) is 6.26 Å². The van der Waals surface area contributed by atoms with Crippen molar-refractivity contribution in [3.63, 3.8) is 0 Å². The van der Waals surface area contributed by atoms with Gasteiger partial charge in [0.15, 0.2) is 0 Å². The van der Waals surface area contributed by atoms with Gasteiger partial charge in [-0.15, -0.1) is 0 Å². The zero-order valence-corrected chi connectivity index (χ0v) is 12.6. The number of fused-ring (bicyclic) bond motifs is 1. The number of carbonyl (C=O) groups is 1. The molecule has 1 atom stereocenters. The molecule has 3 aromatic rings. The van der Waals surface area contributed by atoms with E-state index in [1.807, 2.05) is 42.5 Å². The van der Waals surface area contributed by atoms with Crippen molar-refractivity contribution in [2.75, 3.05) is 6.54 Å². The molecular weight excluding hydrogens is 274 g/mol. The molecule has 1 amide bonds. The van der Waals surface area contributed by atoms with Gasteiger partial charge in [0.25, 0.3) is 5.91 Å². The van der Waals surface area contributed by atoms with Crippen LogP contribution in [0.2, 0.25) is 0 Å². The predicted octanol–water partition coefficient (Wildman–Crippen LogP) is 4.04. The van der Waals surface area contributed by atoms with E-state index in [-0.39, 0.29) is 5.91 Å². The Bertz CT molecular complexity index is 761. The zero-order chi connectivity index (χ0) is 15.4. The molecule has 112 valence electrons. The summed E-state index contributed by atoms with van der Waals surface area (Å²) in [4.78, 5) is 12.4. The number of carbonyl (C=O) groups excluding carboxylic acids is 1. The van der Waals surface area contributed by atoms with Crippen molar-refractivity contribution in [2.45, 2.75) is 13.3 Å². The zero-order valence-electron chi connectivity index (χ0n) is 12.6. The van der Waals surface area contributed by atoms with Crippen LogP contribution in [-0.2, 0) is 6.42 Å². The molecule has 0 aliphatic rings. The van der Waals surface area contributed by atoms with E-state index < -0.39 is 0 Å². The van der Waals surface area contributed by atoms with Crippen molar-refractivity contribution in [1.82, 2.24) is 5.32 Å². The number of furan rings is 1. The average molecular weight is 293 g/mol. The van der Waals surface area contributed by atoms with E-state index in [0.717, 1.165) is 17.4 Å². The first-order valence-corrected chi connectivity index (χ1v) is 7.52. The fourth-order valence-electron chi connectivity index (χ4n) is 2.64. The highest BCUT2D eigenvalue weighted by molar-refractivity contribution is 6.05. The van der Waals surface area contributed by atoms with Crippen LogP contribution < -0.4 is 5.32 Å². The van der Waals surface area contributed by atoms with Crippen LogP contribution in [0.4, 0.5) is 0 Å². The Kier molecular flexibility index (Phi) is 4.24. The normalized spacial score (nSPS) is 12.2. The molecule has 3 rings (SSSR count). The van der Waals surface area contributed by atoms with Crippen LogP contribution in [-0.4, -0.2) is 12.5 Å². The predicted molar refractivity (Wildman–Crippen MR) is 87.9 cm³/mol. The Morgan fingerprint density at radius 1 is 1.09 bits per heavy atom. The van der Waals surface area contributed by atoms with E-state index in [9.17, 15) is 4.79 Å². The average Bonchev–Trinajstić information content (AvgIpc) is 3.02. The molecule has 0 bridgehead atoms. The summed E-state index contributed by atoms with van der Waals surface area (Å²) in [6.07, 6.45) is 2.57. The van der Waals surface area contributed by atoms with E-state index in [2.05, 4.69) is 24.4 Å². The summed E-state index contributed by atoms with van der Waals surface area (Å²) in [6, 6.07) is 17.7. The number of benzene rings is 2. The van der Waals surface area contributed by atoms with Gasteiger partial charge in [-0.2, -0.15) is 0 Å². The van der Waals surface area contributed by atoms with E-state index >= 15 is 0 Å². The van der Waals surface area contributed by atoms with Gasteiger partial charge >= 0.3 is 0 Å². The third-order valence-corrected chi connectivity index (χ3v) is 3.78. The molecule has 3 nitrogen and oxygen atoms in total. The second-order valence-corrected chi connectivity index (χ2v) is 5.64. The third kappa shape index (κ3) is 3.19. The van der Waals surface area contributed by atoms with Gasteiger partial charge in [0.2, 0.25) is 0 Å². The summed E-state index contributed by atoms with van der Waals surface area (Å²) in [7, 11) is 0. The van der Waals surface area contributed by atoms with E-state index in [4.69, 9.17) is 4.42 Å². The molecule has 0 fully saturated rings. The Labute approximate surface area is 130 Å². The maximum atomic E-state index is 12.4. The fraction of sp³-hybridized carbons (Fsp3) is 0.211. The molecule has 0 saturated carbocycles. The van der Waals surface area contributed by atoms with Gasteiger partial charge in [-0.05, 0) is 36.1 Å². The van der Waals surface area contributed by atoms with Crippen LogP contribution in [0.25, 0.3) is 11.0 Å². The SMILES string of the molecule is CC(CNC(=O)c1cccc2occc12)Cc1ccccc1. The first kappa shape index (κ1) is 14.4. The fourth-order valence-corrected chi connectivity index (χ4v) is 2.64. The number of hydrogen-bond acceptors (Lipinski definition) is 2. The minimum atomic E-state index is -0.0492. The molecule has 22 heavy (non-hydrogen) atoms. The van der Waals surface area contributed by atoms with Crippen molar-refractivity contribution >= 4 is 16.9 Å². The van der Waals surface area contributed by atoms with Crippen molar-refractivity contribution < 1.29 is 9.21 Å². The lowest BCUT2D eigenvalue weighted by Crippen LogP contribution is -2.29. The van der Waals surface area contributed by atoms with Crippen molar-refractivity contribution in [3.8, 4) is 0 Å². The number of hydrogen-bond donors (Lipinski definition) is 1. The topological polar surface area (TPSA) is 42.2 Å². The molecule has 2 aromatic carbocycles. The third-order valence-electron chi connectivity index (χ3n) is 3.78. The molecule has 3 heteroatoms. The van der Waals surface area contributed by atoms with Crippen LogP contribution in [0.3, 0.4) is 0 Å². The highest BCUT2D eigenvalue weighted by atomic mass is 16.3. The first-order valence-electron chi connectivity index (χ1n) is 7.52. The smallest absolute Gasteiger partial charge is 0.252 e. The van der Waals surface area contributed by atoms with E-state index in [1.165, 1.54) is 5.56 Å². The summed E-state index contributed by atoms with van der Waals surface area (Å²) < 4.78 is 5.33. The van der Waals surface area contributed by atoms with Gasteiger partial charge in [-0.1, -0.05) is 43.3 Å². The minimum Gasteiger partial charge on any atom is -0.464 e. The Morgan fingerprint density at radius 2 is 1.91 bits per heavy atom. The summed E-state index contributed by atoms with van der Waals surface area (Å²) in [5.41, 5.74) is 2.70. The second kappa shape index (κ2) is 6.48. The van der Waals surface area contributed by atoms with Gasteiger partial charge in [0.05, 0.1) is 11.8 Å². The van der Waals surface area contributed by atoms with Crippen molar-refractivity contribution in [1.29, 1.82) is 0 Å². The molecule has 0 aliphatic carbocycles. The Morgan fingerprint density at radius 3 is 2.73 bits per heavy atom. The summed E-state index contributed by atoms with van der Waals surface area (Å²) in [5.74, 6) is 0.335. The number of amides is 1. The molecular formula is C19H19NO2. The highest BCUT2D eigenvalue weighted by Crippen LogP contribution is 2.19. The van der Waals surface area contributed by atoms with Crippen molar-refractivity contribution in [2.24, 2.45) is 5.92 Å². The molecule has 1 N–H and O–H groups in total. The van der Waals surface area contributed by atoms with Crippen LogP contribution >= 0.6 is 0 Å². The Hall–Kier alpha value is -2.55. The number of nitrogens with one attached hydrogen (secondary N) is 1. The maximum absolute atomic E-state index is 12.4. The lowest BCUT2D eigenvalue weighted by atomic mass is 10.0. The van der Waals surface area contributed by atoms with Gasteiger partial charge in [-0.25, -0.2) is 0 Å². The second-order valence-electron chi connectivity index (χ2n) is 5.64. The highest BCUT2D eigenvalue weighted by Gasteiger charge is 2.12. The number of rotatable bonds is 5. The molecule has 1 aromatic heterocycles. The molecule has 1 unspecified atom stereocenters. The summed E-state index contributed by atoms with van der Waals surface area (Å²) in [6.45, 7) is 2.80. The van der Waals surface area contributed by atoms with Gasteiger partial charge in [0.1, 0.15) is 5.58 Å². The lowest BCUT2D eigenvalue weighted by molar-refractivity contribution is 0.0949. The lowest BCUT2D eigenvalue weighted by Gasteiger charge is -2.13. The van der Waals surface area contributed by atoms with Crippen LogP contribution in [0.15, 0.2) is 65.3 Å². The quantitative estimate of drug-likeness (QED) is 0.771. The van der Waals surface area contributed by atoms with Gasteiger partial charge in [0, 0.05) is 11.9 Å². The van der Waals surface area contributed by atoms with Crippen LogP contribution in [0.1, 0.15) is 22.8 Å². The molecule has 0 spiro atoms. The standard InChI is InChI=1S/C19H19NO2/c1-14(12-15-6-3-2-4-7-15)13-20-19(21)17-8-5-9-18-16(17)10-11-22-18/h2-11,14H,12-13H2,1H3,(H,20,21). The van der Waals surface area contributed by atoms with Crippen LogP contribution in [0.5, 0.6) is 0 Å². The van der Waals surface area contributed by atoms with Gasteiger partial charge in [-0.3, -0.25) is 4.79 Å². The maximum Gasteiger partial charge on any atom is 0.252 e. The van der Waals surface area contributed by atoms with Gasteiger partial charge < -0.3 is 9.73 Å². The summed E-state index contributed by atoms with van der Waals surface area (Å²) >= 11 is 0. The van der Waals surface area contributed by atoms with E-state index in [0.29, 0.717) is 18.0 Å². The Balaban J connectivity index is 1.61. The summed E-state index contributed by atoms with van der Waals surface area (Å²) in [5, 5.41) is 3.88.